The summed E-state index contributed by atoms with van der Waals surface area (Å²) in [5, 5.41) is 0. The molecule has 1 aromatic carbocycles. The first-order valence-corrected chi connectivity index (χ1v) is 7.84. The van der Waals surface area contributed by atoms with E-state index in [4.69, 9.17) is 18.9 Å². The van der Waals surface area contributed by atoms with Crippen LogP contribution >= 0.6 is 0 Å². The quantitative estimate of drug-likeness (QED) is 0.541. The molecule has 2 rings (SSSR count). The summed E-state index contributed by atoms with van der Waals surface area (Å²) in [6.07, 6.45) is 0.101. The maximum Gasteiger partial charge on any atom is 0.188 e. The van der Waals surface area contributed by atoms with Crippen molar-refractivity contribution < 1.29 is 23.7 Å². The Balaban J connectivity index is 2.36. The first-order chi connectivity index (χ1) is 12.0. The number of nitrogens with zero attached hydrogens (tertiary/aromatic N) is 1. The third-order valence-corrected chi connectivity index (χ3v) is 3.74. The number of hydrogen-bond donors (Lipinski definition) is 0. The zero-order valence-electron chi connectivity index (χ0n) is 15.2. The SMILES string of the molecule is COCOc1ccc(C)nc1CC(=O)c1c(C)cc(OC)cc1OC. The summed E-state index contributed by atoms with van der Waals surface area (Å²) in [7, 11) is 4.65. The molecule has 134 valence electrons. The second-order valence-corrected chi connectivity index (χ2v) is 5.57. The van der Waals surface area contributed by atoms with Gasteiger partial charge in [-0.25, -0.2) is 0 Å². The Hall–Kier alpha value is -2.60. The second-order valence-electron chi connectivity index (χ2n) is 5.57. The van der Waals surface area contributed by atoms with Gasteiger partial charge >= 0.3 is 0 Å². The molecule has 0 unspecified atom stereocenters. The van der Waals surface area contributed by atoms with Gasteiger partial charge in [-0.3, -0.25) is 9.78 Å². The lowest BCUT2D eigenvalue weighted by atomic mass is 9.99. The van der Waals surface area contributed by atoms with Crippen LogP contribution in [-0.2, 0) is 11.2 Å². The first-order valence-electron chi connectivity index (χ1n) is 7.84. The Morgan fingerprint density at radius 2 is 1.80 bits per heavy atom. The summed E-state index contributed by atoms with van der Waals surface area (Å²) in [5.74, 6) is 1.56. The van der Waals surface area contributed by atoms with Gasteiger partial charge in [0.05, 0.1) is 31.9 Å². The molecular formula is C19H23NO5. The molecule has 6 heteroatoms. The molecule has 25 heavy (non-hydrogen) atoms. The van der Waals surface area contributed by atoms with Gasteiger partial charge in [-0.1, -0.05) is 0 Å². The molecule has 0 aliphatic carbocycles. The van der Waals surface area contributed by atoms with E-state index < -0.39 is 0 Å². The van der Waals surface area contributed by atoms with Gasteiger partial charge in [0.15, 0.2) is 12.6 Å². The summed E-state index contributed by atoms with van der Waals surface area (Å²) in [5.41, 5.74) is 2.68. The molecule has 0 spiro atoms. The highest BCUT2D eigenvalue weighted by atomic mass is 16.7. The highest BCUT2D eigenvalue weighted by Crippen LogP contribution is 2.30. The van der Waals surface area contributed by atoms with Crippen molar-refractivity contribution in [2.45, 2.75) is 20.3 Å². The lowest BCUT2D eigenvalue weighted by molar-refractivity contribution is 0.0499. The Morgan fingerprint density at radius 3 is 2.44 bits per heavy atom. The largest absolute Gasteiger partial charge is 0.497 e. The summed E-state index contributed by atoms with van der Waals surface area (Å²) >= 11 is 0. The van der Waals surface area contributed by atoms with E-state index in [9.17, 15) is 4.79 Å². The topological polar surface area (TPSA) is 66.9 Å². The summed E-state index contributed by atoms with van der Waals surface area (Å²) < 4.78 is 21.1. The number of ether oxygens (including phenoxy) is 4. The fourth-order valence-electron chi connectivity index (χ4n) is 2.58. The van der Waals surface area contributed by atoms with Crippen LogP contribution in [0.25, 0.3) is 0 Å². The van der Waals surface area contributed by atoms with Crippen LogP contribution < -0.4 is 14.2 Å². The van der Waals surface area contributed by atoms with Crippen molar-refractivity contribution in [3.63, 3.8) is 0 Å². The standard InChI is InChI=1S/C19H23NO5/c1-12-8-14(23-4)9-18(24-5)19(12)16(21)10-15-17(25-11-22-3)7-6-13(2)20-15/h6-9H,10-11H2,1-5H3. The number of carbonyl (C=O) groups is 1. The number of carbonyl (C=O) groups excluding carboxylic acids is 1. The van der Waals surface area contributed by atoms with E-state index in [0.717, 1.165) is 11.3 Å². The summed E-state index contributed by atoms with van der Waals surface area (Å²) in [4.78, 5) is 17.3. The van der Waals surface area contributed by atoms with Crippen molar-refractivity contribution in [3.8, 4) is 17.2 Å². The molecule has 0 radical (unpaired) electrons. The Morgan fingerprint density at radius 1 is 1.04 bits per heavy atom. The van der Waals surface area contributed by atoms with Crippen LogP contribution in [0.3, 0.4) is 0 Å². The van der Waals surface area contributed by atoms with Gasteiger partial charge in [-0.05, 0) is 37.6 Å². The van der Waals surface area contributed by atoms with Crippen molar-refractivity contribution in [3.05, 3.63) is 46.8 Å². The summed E-state index contributed by atoms with van der Waals surface area (Å²) in [6.45, 7) is 3.81. The molecule has 0 aliphatic rings. The number of methoxy groups -OCH3 is 3. The van der Waals surface area contributed by atoms with Gasteiger partial charge < -0.3 is 18.9 Å². The fraction of sp³-hybridized carbons (Fsp3) is 0.368. The Kier molecular flexibility index (Phi) is 6.36. The van der Waals surface area contributed by atoms with Crippen LogP contribution in [0, 0.1) is 13.8 Å². The van der Waals surface area contributed by atoms with E-state index in [0.29, 0.717) is 28.5 Å². The van der Waals surface area contributed by atoms with Crippen molar-refractivity contribution in [1.29, 1.82) is 0 Å². The van der Waals surface area contributed by atoms with Crippen molar-refractivity contribution in [1.82, 2.24) is 4.98 Å². The number of pyridine rings is 1. The third kappa shape index (κ3) is 4.48. The highest BCUT2D eigenvalue weighted by Gasteiger charge is 2.20. The molecule has 0 aliphatic heterocycles. The van der Waals surface area contributed by atoms with E-state index >= 15 is 0 Å². The molecule has 0 atom stereocenters. The maximum atomic E-state index is 12.9. The second kappa shape index (κ2) is 8.48. The number of aromatic nitrogens is 1. The number of benzene rings is 1. The lowest BCUT2D eigenvalue weighted by Gasteiger charge is -2.14. The van der Waals surface area contributed by atoms with Crippen LogP contribution in [0.15, 0.2) is 24.3 Å². The third-order valence-electron chi connectivity index (χ3n) is 3.74. The van der Waals surface area contributed by atoms with Crippen molar-refractivity contribution >= 4 is 5.78 Å². The van der Waals surface area contributed by atoms with E-state index in [1.807, 2.05) is 26.0 Å². The molecule has 6 nitrogen and oxygen atoms in total. The maximum absolute atomic E-state index is 12.9. The minimum Gasteiger partial charge on any atom is -0.497 e. The van der Waals surface area contributed by atoms with E-state index in [-0.39, 0.29) is 19.0 Å². The van der Waals surface area contributed by atoms with Gasteiger partial charge in [0.1, 0.15) is 17.2 Å². The summed E-state index contributed by atoms with van der Waals surface area (Å²) in [6, 6.07) is 7.13. The molecule has 0 fully saturated rings. The molecule has 0 amide bonds. The minimum atomic E-state index is -0.0997. The number of aryl methyl sites for hydroxylation is 2. The van der Waals surface area contributed by atoms with Gasteiger partial charge in [-0.2, -0.15) is 0 Å². The van der Waals surface area contributed by atoms with Crippen LogP contribution in [-0.4, -0.2) is 38.9 Å². The van der Waals surface area contributed by atoms with Crippen molar-refractivity contribution in [2.75, 3.05) is 28.1 Å². The van der Waals surface area contributed by atoms with E-state index in [1.54, 1.807) is 19.2 Å². The van der Waals surface area contributed by atoms with E-state index in [1.165, 1.54) is 14.2 Å². The highest BCUT2D eigenvalue weighted by molar-refractivity contribution is 6.01. The van der Waals surface area contributed by atoms with Crippen molar-refractivity contribution in [2.24, 2.45) is 0 Å². The fourth-order valence-corrected chi connectivity index (χ4v) is 2.58. The Labute approximate surface area is 147 Å². The average molecular weight is 345 g/mol. The molecule has 0 saturated heterocycles. The molecule has 1 aromatic heterocycles. The zero-order chi connectivity index (χ0) is 18.4. The van der Waals surface area contributed by atoms with Gasteiger partial charge in [0.2, 0.25) is 0 Å². The molecular weight excluding hydrogens is 322 g/mol. The molecule has 0 saturated carbocycles. The molecule has 1 heterocycles. The first kappa shape index (κ1) is 18.7. The minimum absolute atomic E-state index is 0.0941. The van der Waals surface area contributed by atoms with Gasteiger partial charge in [0, 0.05) is 18.9 Å². The lowest BCUT2D eigenvalue weighted by Crippen LogP contribution is -2.12. The van der Waals surface area contributed by atoms with Gasteiger partial charge in [-0.15, -0.1) is 0 Å². The predicted octanol–water partition coefficient (Wildman–Crippen LogP) is 3.12. The number of Topliss-reactive ketones (excluding diaryl/α,β-unsaturated/α-hetero) is 1. The van der Waals surface area contributed by atoms with Crippen LogP contribution in [0.1, 0.15) is 27.3 Å². The molecule has 0 bridgehead atoms. The zero-order valence-corrected chi connectivity index (χ0v) is 15.2. The average Bonchev–Trinajstić information content (AvgIpc) is 2.60. The van der Waals surface area contributed by atoms with E-state index in [2.05, 4.69) is 4.98 Å². The smallest absolute Gasteiger partial charge is 0.188 e. The number of rotatable bonds is 8. The predicted molar refractivity (Wildman–Crippen MR) is 93.8 cm³/mol. The molecule has 2 aromatic rings. The number of hydrogen-bond acceptors (Lipinski definition) is 6. The Bertz CT molecular complexity index is 758. The van der Waals surface area contributed by atoms with Crippen LogP contribution in [0.4, 0.5) is 0 Å². The molecule has 0 N–H and O–H groups in total. The normalized spacial score (nSPS) is 10.4. The van der Waals surface area contributed by atoms with Crippen LogP contribution in [0.2, 0.25) is 0 Å². The van der Waals surface area contributed by atoms with Gasteiger partial charge in [0.25, 0.3) is 0 Å². The number of ketones is 1. The van der Waals surface area contributed by atoms with Crippen LogP contribution in [0.5, 0.6) is 17.2 Å². The monoisotopic (exact) mass is 345 g/mol.